The summed E-state index contributed by atoms with van der Waals surface area (Å²) >= 11 is 0. The Kier molecular flexibility index (Phi) is 8.64. The molecule has 0 saturated carbocycles. The van der Waals surface area contributed by atoms with Gasteiger partial charge in [-0.15, -0.1) is 10.2 Å². The molecule has 12 heteroatoms. The minimum Gasteiger partial charge on any atom is -0.484 e. The highest BCUT2D eigenvalue weighted by Crippen LogP contribution is 2.39. The van der Waals surface area contributed by atoms with E-state index >= 15 is 0 Å². The molecule has 12 nitrogen and oxygen atoms in total. The van der Waals surface area contributed by atoms with E-state index in [2.05, 4.69) is 67.9 Å². The van der Waals surface area contributed by atoms with Gasteiger partial charge in [-0.05, 0) is 56.1 Å². The number of urea groups is 1. The van der Waals surface area contributed by atoms with Crippen molar-refractivity contribution in [3.63, 3.8) is 0 Å². The van der Waals surface area contributed by atoms with Gasteiger partial charge in [0.25, 0.3) is 5.91 Å². The van der Waals surface area contributed by atoms with Crippen LogP contribution in [-0.2, 0) is 10.8 Å². The lowest BCUT2D eigenvalue weighted by molar-refractivity contribution is 0.0927. The van der Waals surface area contributed by atoms with Crippen LogP contribution in [0.1, 0.15) is 106 Å². The second-order valence-electron chi connectivity index (χ2n) is 14.8. The number of aromatic nitrogens is 5. The van der Waals surface area contributed by atoms with E-state index in [0.29, 0.717) is 18.5 Å². The van der Waals surface area contributed by atoms with Crippen molar-refractivity contribution in [3.05, 3.63) is 77.1 Å². The van der Waals surface area contributed by atoms with Gasteiger partial charge in [0.1, 0.15) is 23.5 Å². The minimum atomic E-state index is -0.403. The van der Waals surface area contributed by atoms with Gasteiger partial charge in [0.2, 0.25) is 5.82 Å². The first-order chi connectivity index (χ1) is 22.2. The third kappa shape index (κ3) is 7.22. The number of nitrogens with zero attached hydrogens (tertiary/aromatic N) is 6. The quantitative estimate of drug-likeness (QED) is 0.258. The Labute approximate surface area is 275 Å². The minimum absolute atomic E-state index is 0.0417. The van der Waals surface area contributed by atoms with E-state index in [1.54, 1.807) is 6.07 Å². The molecule has 1 aliphatic carbocycles. The van der Waals surface area contributed by atoms with Gasteiger partial charge < -0.3 is 20.3 Å². The van der Waals surface area contributed by atoms with Gasteiger partial charge in [-0.2, -0.15) is 0 Å². The number of carbonyl (C=O) groups is 2. The molecule has 3 atom stereocenters. The third-order valence-electron chi connectivity index (χ3n) is 8.73. The third-order valence-corrected chi connectivity index (χ3v) is 8.73. The molecule has 1 aliphatic heterocycles. The van der Waals surface area contributed by atoms with Crippen molar-refractivity contribution in [3.8, 4) is 5.75 Å². The normalized spacial score (nSPS) is 20.1. The van der Waals surface area contributed by atoms with Crippen LogP contribution in [0.15, 0.2) is 48.7 Å². The fourth-order valence-electron chi connectivity index (χ4n) is 6.25. The molecule has 1 fully saturated rings. The predicted molar refractivity (Wildman–Crippen MR) is 180 cm³/mol. The number of amides is 3. The molecule has 4 aromatic rings. The van der Waals surface area contributed by atoms with Crippen molar-refractivity contribution >= 4 is 23.4 Å². The van der Waals surface area contributed by atoms with Crippen LogP contribution >= 0.6 is 0 Å². The van der Waals surface area contributed by atoms with Crippen LogP contribution < -0.4 is 20.7 Å². The average Bonchev–Trinajstić information content (AvgIpc) is 3.63. The molecule has 3 amide bonds. The molecule has 0 bridgehead atoms. The number of likely N-dealkylation sites (N-methyl/N-ethyl adjacent to an activating group) is 1. The lowest BCUT2D eigenvalue weighted by Gasteiger charge is -2.32. The van der Waals surface area contributed by atoms with Crippen LogP contribution in [0, 0.1) is 0 Å². The summed E-state index contributed by atoms with van der Waals surface area (Å²) in [6.07, 6.45) is 4.02. The van der Waals surface area contributed by atoms with E-state index in [9.17, 15) is 9.59 Å². The Hall–Kier alpha value is -4.58. The number of anilines is 1. The Morgan fingerprint density at radius 2 is 1.66 bits per heavy atom. The van der Waals surface area contributed by atoms with Crippen LogP contribution in [-0.4, -0.2) is 67.6 Å². The van der Waals surface area contributed by atoms with Gasteiger partial charge in [-0.3, -0.25) is 14.5 Å². The highest BCUT2D eigenvalue weighted by Gasteiger charge is 2.31. The van der Waals surface area contributed by atoms with E-state index < -0.39 is 6.03 Å². The molecular formula is C35H45N9O3. The summed E-state index contributed by atoms with van der Waals surface area (Å²) in [6, 6.07) is 13.0. The molecule has 1 aromatic carbocycles. The predicted octanol–water partition coefficient (Wildman–Crippen LogP) is 5.32. The zero-order valence-corrected chi connectivity index (χ0v) is 28.3. The first-order valence-corrected chi connectivity index (χ1v) is 16.3. The zero-order chi connectivity index (χ0) is 33.5. The van der Waals surface area contributed by atoms with E-state index in [4.69, 9.17) is 4.74 Å². The first kappa shape index (κ1) is 32.4. The monoisotopic (exact) mass is 639 g/mol. The van der Waals surface area contributed by atoms with Gasteiger partial charge in [-0.1, -0.05) is 65.8 Å². The van der Waals surface area contributed by atoms with Gasteiger partial charge in [0.15, 0.2) is 5.65 Å². The summed E-state index contributed by atoms with van der Waals surface area (Å²) in [5.74, 6) is 1.57. The SMILES string of the molecule is CN1CC[C@H](NC(=O)c2nc(NC(=O)N[C@H]3CC[C@@H](Oc4ccc5nnc(C(C)(C)C)n5c4)c4ccccc43)cc(C(C)(C)C)n2)C1. The van der Waals surface area contributed by atoms with E-state index in [1.807, 2.05) is 68.7 Å². The Bertz CT molecular complexity index is 1790. The molecule has 6 rings (SSSR count). The summed E-state index contributed by atoms with van der Waals surface area (Å²) in [5, 5.41) is 17.8. The highest BCUT2D eigenvalue weighted by atomic mass is 16.5. The molecule has 0 spiro atoms. The number of hydrogen-bond acceptors (Lipinski definition) is 8. The second kappa shape index (κ2) is 12.6. The lowest BCUT2D eigenvalue weighted by Crippen LogP contribution is -2.38. The number of benzene rings is 1. The highest BCUT2D eigenvalue weighted by molar-refractivity contribution is 5.93. The summed E-state index contributed by atoms with van der Waals surface area (Å²) in [6.45, 7) is 14.1. The molecule has 3 aromatic heterocycles. The smallest absolute Gasteiger partial charge is 0.320 e. The number of ether oxygens (including phenoxy) is 1. The maximum atomic E-state index is 13.4. The Balaban J connectivity index is 1.17. The summed E-state index contributed by atoms with van der Waals surface area (Å²) in [4.78, 5) is 37.7. The maximum Gasteiger partial charge on any atom is 0.320 e. The van der Waals surface area contributed by atoms with Crippen molar-refractivity contribution in [1.29, 1.82) is 0 Å². The van der Waals surface area contributed by atoms with E-state index in [-0.39, 0.29) is 46.6 Å². The average molecular weight is 640 g/mol. The molecule has 1 saturated heterocycles. The van der Waals surface area contributed by atoms with Crippen LogP contribution in [0.4, 0.5) is 10.6 Å². The molecule has 47 heavy (non-hydrogen) atoms. The Morgan fingerprint density at radius 1 is 0.894 bits per heavy atom. The van der Waals surface area contributed by atoms with E-state index in [1.165, 1.54) is 0 Å². The lowest BCUT2D eigenvalue weighted by atomic mass is 9.85. The fourth-order valence-corrected chi connectivity index (χ4v) is 6.25. The summed E-state index contributed by atoms with van der Waals surface area (Å²) in [7, 11) is 2.03. The molecule has 0 radical (unpaired) electrons. The molecule has 248 valence electrons. The van der Waals surface area contributed by atoms with Crippen molar-refractivity contribution < 1.29 is 14.3 Å². The summed E-state index contributed by atoms with van der Waals surface area (Å²) in [5.41, 5.74) is 2.93. The van der Waals surface area contributed by atoms with Gasteiger partial charge in [0.05, 0.1) is 17.9 Å². The number of pyridine rings is 1. The molecular weight excluding hydrogens is 594 g/mol. The van der Waals surface area contributed by atoms with Crippen LogP contribution in [0.2, 0.25) is 0 Å². The maximum absolute atomic E-state index is 13.4. The second-order valence-corrected chi connectivity index (χ2v) is 14.8. The van der Waals surface area contributed by atoms with Crippen molar-refractivity contribution in [2.45, 2.75) is 89.8 Å². The molecule has 3 N–H and O–H groups in total. The zero-order valence-electron chi connectivity index (χ0n) is 28.3. The van der Waals surface area contributed by atoms with Crippen LogP contribution in [0.5, 0.6) is 5.75 Å². The van der Waals surface area contributed by atoms with Crippen molar-refractivity contribution in [2.75, 3.05) is 25.5 Å². The fraction of sp³-hybridized carbons (Fsp3) is 0.486. The number of rotatable bonds is 6. The topological polar surface area (TPSA) is 139 Å². The van der Waals surface area contributed by atoms with Crippen molar-refractivity contribution in [2.24, 2.45) is 0 Å². The number of fused-ring (bicyclic) bond motifs is 2. The van der Waals surface area contributed by atoms with Crippen molar-refractivity contribution in [1.82, 2.24) is 40.1 Å². The van der Waals surface area contributed by atoms with Gasteiger partial charge in [-0.25, -0.2) is 14.8 Å². The van der Waals surface area contributed by atoms with Gasteiger partial charge in [0, 0.05) is 29.5 Å². The number of carbonyl (C=O) groups excluding carboxylic acids is 2. The number of hydrogen-bond donors (Lipinski definition) is 3. The number of nitrogens with one attached hydrogen (secondary N) is 3. The molecule has 4 heterocycles. The summed E-state index contributed by atoms with van der Waals surface area (Å²) < 4.78 is 8.53. The molecule has 2 aliphatic rings. The van der Waals surface area contributed by atoms with Crippen LogP contribution in [0.3, 0.4) is 0 Å². The molecule has 0 unspecified atom stereocenters. The largest absolute Gasteiger partial charge is 0.484 e. The number of likely N-dealkylation sites (tertiary alicyclic amines) is 1. The standard InChI is InChI=1S/C35H45N9O3/c1-34(2,3)27-18-28(39-30(38-27)31(45)36-21-16-17-43(7)19-21)40-33(46)37-25-13-14-26(24-11-9-8-10-23(24)25)47-22-12-15-29-41-42-32(35(4,5)6)44(29)20-22/h8-12,15,18,20-21,25-26H,13-14,16-17,19H2,1-7H3,(H,36,45)(H2,37,38,39,40,46)/t21-,25-,26+/m0/s1. The Morgan fingerprint density at radius 3 is 2.36 bits per heavy atom. The van der Waals surface area contributed by atoms with Crippen LogP contribution in [0.25, 0.3) is 5.65 Å². The first-order valence-electron chi connectivity index (χ1n) is 16.3. The van der Waals surface area contributed by atoms with Gasteiger partial charge >= 0.3 is 6.03 Å². The van der Waals surface area contributed by atoms with E-state index in [0.717, 1.165) is 47.9 Å².